The second-order valence-electron chi connectivity index (χ2n) is 8.20. The highest BCUT2D eigenvalue weighted by Gasteiger charge is 2.17. The molecule has 0 aliphatic carbocycles. The molecule has 0 aromatic heterocycles. The van der Waals surface area contributed by atoms with E-state index < -0.39 is 0 Å². The van der Waals surface area contributed by atoms with E-state index in [0.29, 0.717) is 5.56 Å². The van der Waals surface area contributed by atoms with Crippen LogP contribution in [0.4, 0.5) is 5.69 Å². The fraction of sp³-hybridized carbons (Fsp3) is 0.296. The van der Waals surface area contributed by atoms with Crippen molar-refractivity contribution in [2.24, 2.45) is 0 Å². The number of fused-ring (bicyclic) bond motifs is 1. The summed E-state index contributed by atoms with van der Waals surface area (Å²) in [5.74, 6) is -0.0164. The number of nitrogens with zero attached hydrogens (tertiary/aromatic N) is 1. The molecule has 0 bridgehead atoms. The monoisotopic (exact) mass is 398 g/mol. The second kappa shape index (κ2) is 9.17. The highest BCUT2D eigenvalue weighted by Crippen LogP contribution is 2.28. The second-order valence-corrected chi connectivity index (χ2v) is 8.20. The first-order valence-corrected chi connectivity index (χ1v) is 10.9. The Labute approximate surface area is 179 Å². The van der Waals surface area contributed by atoms with Gasteiger partial charge in [-0.05, 0) is 61.1 Å². The molecule has 1 amide bonds. The largest absolute Gasteiger partial charge is 0.367 e. The molecule has 0 radical (unpaired) electrons. The molecule has 154 valence electrons. The number of nitrogens with one attached hydrogen (secondary N) is 1. The van der Waals surface area contributed by atoms with Crippen molar-refractivity contribution < 1.29 is 4.79 Å². The van der Waals surface area contributed by atoms with Gasteiger partial charge in [0.2, 0.25) is 0 Å². The van der Waals surface area contributed by atoms with Crippen molar-refractivity contribution in [3.8, 4) is 0 Å². The number of anilines is 1. The molecule has 1 atom stereocenters. The topological polar surface area (TPSA) is 32.3 Å². The SMILES string of the molecule is CC[C@H](NC(=O)c1ccc(CN2CCCc3ccccc32)cc1)c1ccc(C)cc1. The molecule has 3 heteroatoms. The average Bonchev–Trinajstić information content (AvgIpc) is 2.79. The van der Waals surface area contributed by atoms with Gasteiger partial charge >= 0.3 is 0 Å². The third-order valence-electron chi connectivity index (χ3n) is 5.99. The van der Waals surface area contributed by atoms with Crippen LogP contribution in [0.3, 0.4) is 0 Å². The summed E-state index contributed by atoms with van der Waals surface area (Å²) in [5.41, 5.74) is 7.09. The zero-order chi connectivity index (χ0) is 20.9. The van der Waals surface area contributed by atoms with Gasteiger partial charge in [0.25, 0.3) is 5.91 Å². The molecule has 3 nitrogen and oxygen atoms in total. The molecule has 0 fully saturated rings. The average molecular weight is 399 g/mol. The molecule has 0 spiro atoms. The highest BCUT2D eigenvalue weighted by molar-refractivity contribution is 5.94. The zero-order valence-corrected chi connectivity index (χ0v) is 17.9. The van der Waals surface area contributed by atoms with E-state index in [0.717, 1.165) is 31.5 Å². The summed E-state index contributed by atoms with van der Waals surface area (Å²) in [5, 5.41) is 3.18. The molecule has 1 N–H and O–H groups in total. The molecular formula is C27H30N2O. The minimum absolute atomic E-state index is 0.0164. The molecule has 1 aliphatic heterocycles. The summed E-state index contributed by atoms with van der Waals surface area (Å²) in [6, 6.07) is 25.2. The van der Waals surface area contributed by atoms with Crippen LogP contribution in [0.1, 0.15) is 58.4 Å². The van der Waals surface area contributed by atoms with Gasteiger partial charge in [0.1, 0.15) is 0 Å². The van der Waals surface area contributed by atoms with Gasteiger partial charge in [0, 0.05) is 24.3 Å². The minimum atomic E-state index is -0.0164. The van der Waals surface area contributed by atoms with E-state index in [4.69, 9.17) is 0 Å². The predicted octanol–water partition coefficient (Wildman–Crippen LogP) is 5.83. The predicted molar refractivity (Wildman–Crippen MR) is 124 cm³/mol. The summed E-state index contributed by atoms with van der Waals surface area (Å²) in [6.07, 6.45) is 3.21. The van der Waals surface area contributed by atoms with Gasteiger partial charge in [-0.25, -0.2) is 0 Å². The third-order valence-corrected chi connectivity index (χ3v) is 5.99. The third kappa shape index (κ3) is 4.56. The van der Waals surface area contributed by atoms with Crippen LogP contribution in [-0.4, -0.2) is 12.5 Å². The van der Waals surface area contributed by atoms with Crippen LogP contribution in [-0.2, 0) is 13.0 Å². The Kier molecular flexibility index (Phi) is 6.18. The van der Waals surface area contributed by atoms with E-state index in [1.165, 1.54) is 28.8 Å². The van der Waals surface area contributed by atoms with Crippen molar-refractivity contribution in [1.29, 1.82) is 0 Å². The van der Waals surface area contributed by atoms with Crippen molar-refractivity contribution >= 4 is 11.6 Å². The fourth-order valence-electron chi connectivity index (χ4n) is 4.22. The summed E-state index contributed by atoms with van der Waals surface area (Å²) in [6.45, 7) is 6.13. The van der Waals surface area contributed by atoms with E-state index in [2.05, 4.69) is 84.7 Å². The van der Waals surface area contributed by atoms with Gasteiger partial charge in [-0.1, -0.05) is 67.1 Å². The van der Waals surface area contributed by atoms with Crippen molar-refractivity contribution in [2.75, 3.05) is 11.4 Å². The lowest BCUT2D eigenvalue weighted by Gasteiger charge is -2.31. The van der Waals surface area contributed by atoms with Crippen LogP contribution in [0, 0.1) is 6.92 Å². The van der Waals surface area contributed by atoms with E-state index in [1.54, 1.807) is 0 Å². The van der Waals surface area contributed by atoms with E-state index in [1.807, 2.05) is 12.1 Å². The van der Waals surface area contributed by atoms with Crippen molar-refractivity contribution in [1.82, 2.24) is 5.32 Å². The van der Waals surface area contributed by atoms with E-state index in [-0.39, 0.29) is 11.9 Å². The number of hydrogen-bond donors (Lipinski definition) is 1. The number of rotatable bonds is 6. The quantitative estimate of drug-likeness (QED) is 0.567. The van der Waals surface area contributed by atoms with Gasteiger partial charge in [0.05, 0.1) is 6.04 Å². The van der Waals surface area contributed by atoms with Crippen LogP contribution in [0.5, 0.6) is 0 Å². The maximum Gasteiger partial charge on any atom is 0.251 e. The number of aryl methyl sites for hydroxylation is 2. The molecule has 3 aromatic rings. The van der Waals surface area contributed by atoms with Crippen LogP contribution >= 0.6 is 0 Å². The molecule has 3 aromatic carbocycles. The number of amides is 1. The van der Waals surface area contributed by atoms with Crippen molar-refractivity contribution in [3.63, 3.8) is 0 Å². The fourth-order valence-corrected chi connectivity index (χ4v) is 4.22. The lowest BCUT2D eigenvalue weighted by molar-refractivity contribution is 0.0935. The van der Waals surface area contributed by atoms with Gasteiger partial charge in [-0.15, -0.1) is 0 Å². The molecule has 1 aliphatic rings. The van der Waals surface area contributed by atoms with Crippen molar-refractivity contribution in [3.05, 3.63) is 101 Å². The number of hydrogen-bond acceptors (Lipinski definition) is 2. The first kappa shape index (κ1) is 20.2. The number of benzene rings is 3. The summed E-state index contributed by atoms with van der Waals surface area (Å²) in [4.78, 5) is 15.2. The molecule has 0 saturated heterocycles. The molecule has 0 unspecified atom stereocenters. The summed E-state index contributed by atoms with van der Waals surface area (Å²) < 4.78 is 0. The standard InChI is InChI=1S/C27H30N2O/c1-3-25(22-14-10-20(2)11-15-22)28-27(30)24-16-12-21(13-17-24)19-29-18-6-8-23-7-4-5-9-26(23)29/h4-5,7,9-17,25H,3,6,8,18-19H2,1-2H3,(H,28,30)/t25-/m0/s1. The highest BCUT2D eigenvalue weighted by atomic mass is 16.1. The number of carbonyl (C=O) groups is 1. The Morgan fingerprint density at radius 3 is 2.47 bits per heavy atom. The minimum Gasteiger partial charge on any atom is -0.367 e. The molecular weight excluding hydrogens is 368 g/mol. The summed E-state index contributed by atoms with van der Waals surface area (Å²) in [7, 11) is 0. The van der Waals surface area contributed by atoms with Crippen LogP contribution in [0.25, 0.3) is 0 Å². The lowest BCUT2D eigenvalue weighted by Crippen LogP contribution is -2.29. The Balaban J connectivity index is 1.42. The van der Waals surface area contributed by atoms with Gasteiger partial charge in [-0.3, -0.25) is 4.79 Å². The van der Waals surface area contributed by atoms with Gasteiger partial charge < -0.3 is 10.2 Å². The Bertz CT molecular complexity index is 992. The Morgan fingerprint density at radius 1 is 1.00 bits per heavy atom. The smallest absolute Gasteiger partial charge is 0.251 e. The Morgan fingerprint density at radius 2 is 1.73 bits per heavy atom. The molecule has 0 saturated carbocycles. The first-order valence-electron chi connectivity index (χ1n) is 10.9. The molecule has 4 rings (SSSR count). The Hall–Kier alpha value is -3.07. The van der Waals surface area contributed by atoms with E-state index >= 15 is 0 Å². The summed E-state index contributed by atoms with van der Waals surface area (Å²) >= 11 is 0. The lowest BCUT2D eigenvalue weighted by atomic mass is 10.0. The van der Waals surface area contributed by atoms with Gasteiger partial charge in [-0.2, -0.15) is 0 Å². The number of carbonyl (C=O) groups excluding carboxylic acids is 1. The van der Waals surface area contributed by atoms with Crippen LogP contribution in [0.2, 0.25) is 0 Å². The molecule has 30 heavy (non-hydrogen) atoms. The van der Waals surface area contributed by atoms with Crippen LogP contribution < -0.4 is 10.2 Å². The number of para-hydroxylation sites is 1. The van der Waals surface area contributed by atoms with Gasteiger partial charge in [0.15, 0.2) is 0 Å². The normalized spacial score (nSPS) is 14.1. The van der Waals surface area contributed by atoms with Crippen LogP contribution in [0.15, 0.2) is 72.8 Å². The zero-order valence-electron chi connectivity index (χ0n) is 17.9. The van der Waals surface area contributed by atoms with Crippen molar-refractivity contribution in [2.45, 2.75) is 45.7 Å². The molecule has 1 heterocycles. The maximum absolute atomic E-state index is 12.8. The maximum atomic E-state index is 12.8. The van der Waals surface area contributed by atoms with E-state index in [9.17, 15) is 4.79 Å². The first-order chi connectivity index (χ1) is 14.6.